The van der Waals surface area contributed by atoms with Crippen molar-refractivity contribution in [3.05, 3.63) is 192 Å². The highest BCUT2D eigenvalue weighted by Gasteiger charge is 2.51. The van der Waals surface area contributed by atoms with E-state index in [1.807, 2.05) is 85.1 Å². The number of hydrogen-bond acceptors (Lipinski definition) is 5. The van der Waals surface area contributed by atoms with Gasteiger partial charge in [0.2, 0.25) is 0 Å². The van der Waals surface area contributed by atoms with E-state index in [1.165, 1.54) is 22.3 Å². The fourth-order valence-electron chi connectivity index (χ4n) is 7.75. The number of ether oxygens (including phenoxy) is 1. The number of pyridine rings is 1. The Kier molecular flexibility index (Phi) is 6.33. The molecule has 2 aromatic heterocycles. The van der Waals surface area contributed by atoms with E-state index in [9.17, 15) is 0 Å². The molecule has 0 atom stereocenters. The predicted molar refractivity (Wildman–Crippen MR) is 197 cm³/mol. The highest BCUT2D eigenvalue weighted by atomic mass is 16.5. The third-order valence-corrected chi connectivity index (χ3v) is 9.87. The molecule has 0 saturated heterocycles. The highest BCUT2D eigenvalue weighted by Crippen LogP contribution is 2.62. The lowest BCUT2D eigenvalue weighted by Crippen LogP contribution is -2.32. The van der Waals surface area contributed by atoms with Crippen molar-refractivity contribution in [2.45, 2.75) is 5.41 Å². The largest absolute Gasteiger partial charge is 0.457 e. The first kappa shape index (κ1) is 28.3. The number of benzene rings is 6. The van der Waals surface area contributed by atoms with Gasteiger partial charge in [-0.05, 0) is 58.7 Å². The van der Waals surface area contributed by atoms with Gasteiger partial charge in [-0.3, -0.25) is 4.98 Å². The normalized spacial score (nSPS) is 13.1. The second kappa shape index (κ2) is 11.2. The van der Waals surface area contributed by atoms with Crippen molar-refractivity contribution in [2.75, 3.05) is 0 Å². The van der Waals surface area contributed by atoms with Crippen molar-refractivity contribution >= 4 is 0 Å². The van der Waals surface area contributed by atoms with Crippen LogP contribution in [0.3, 0.4) is 0 Å². The zero-order valence-electron chi connectivity index (χ0n) is 26.9. The Morgan fingerprint density at radius 2 is 0.900 bits per heavy atom. The quantitative estimate of drug-likeness (QED) is 0.192. The molecule has 0 fully saturated rings. The third kappa shape index (κ3) is 4.20. The molecule has 5 nitrogen and oxygen atoms in total. The predicted octanol–water partition coefficient (Wildman–Crippen LogP) is 10.4. The molecule has 0 radical (unpaired) electrons. The summed E-state index contributed by atoms with van der Waals surface area (Å²) in [6.45, 7) is 0. The van der Waals surface area contributed by atoms with Crippen LogP contribution in [0.2, 0.25) is 0 Å². The van der Waals surface area contributed by atoms with Gasteiger partial charge in [0.25, 0.3) is 0 Å². The highest BCUT2D eigenvalue weighted by molar-refractivity contribution is 5.89. The molecule has 2 aliphatic rings. The molecule has 6 aromatic carbocycles. The summed E-state index contributed by atoms with van der Waals surface area (Å²) >= 11 is 0. The van der Waals surface area contributed by atoms with Gasteiger partial charge < -0.3 is 4.74 Å². The Hall–Kier alpha value is -6.72. The molecular weight excluding hydrogens is 613 g/mol. The Morgan fingerprint density at radius 3 is 1.56 bits per heavy atom. The lowest BCUT2D eigenvalue weighted by atomic mass is 9.66. The summed E-state index contributed by atoms with van der Waals surface area (Å²) in [4.78, 5) is 20.0. The van der Waals surface area contributed by atoms with Gasteiger partial charge in [0.15, 0.2) is 17.5 Å². The van der Waals surface area contributed by atoms with E-state index >= 15 is 0 Å². The fraction of sp³-hybridized carbons (Fsp3) is 0.0222. The zero-order valence-corrected chi connectivity index (χ0v) is 26.9. The number of nitrogens with zero attached hydrogens (tertiary/aromatic N) is 4. The van der Waals surface area contributed by atoms with E-state index in [2.05, 4.69) is 84.9 Å². The van der Waals surface area contributed by atoms with Gasteiger partial charge in [-0.25, -0.2) is 15.0 Å². The van der Waals surface area contributed by atoms with Gasteiger partial charge in [-0.2, -0.15) is 0 Å². The number of para-hydroxylation sites is 1. The summed E-state index contributed by atoms with van der Waals surface area (Å²) in [5.41, 5.74) is 11.0. The first-order valence-electron chi connectivity index (χ1n) is 16.7. The van der Waals surface area contributed by atoms with Crippen LogP contribution < -0.4 is 4.74 Å². The Morgan fingerprint density at radius 1 is 0.380 bits per heavy atom. The summed E-state index contributed by atoms with van der Waals surface area (Å²) in [7, 11) is 0. The van der Waals surface area contributed by atoms with E-state index in [1.54, 1.807) is 0 Å². The average molecular weight is 641 g/mol. The summed E-state index contributed by atoms with van der Waals surface area (Å²) in [5, 5.41) is 0. The first-order valence-corrected chi connectivity index (χ1v) is 16.7. The minimum atomic E-state index is -0.573. The molecule has 0 N–H and O–H groups in total. The molecule has 1 aliphatic carbocycles. The van der Waals surface area contributed by atoms with Gasteiger partial charge in [0.05, 0.1) is 11.1 Å². The van der Waals surface area contributed by atoms with Crippen LogP contribution in [-0.2, 0) is 5.41 Å². The average Bonchev–Trinajstić information content (AvgIpc) is 3.49. The van der Waals surface area contributed by atoms with Crippen molar-refractivity contribution in [3.8, 4) is 68.0 Å². The lowest BCUT2D eigenvalue weighted by Gasteiger charge is -2.39. The molecule has 50 heavy (non-hydrogen) atoms. The van der Waals surface area contributed by atoms with Crippen LogP contribution in [0.15, 0.2) is 170 Å². The van der Waals surface area contributed by atoms with Gasteiger partial charge in [0.1, 0.15) is 11.5 Å². The molecule has 0 amide bonds. The molecule has 234 valence electrons. The van der Waals surface area contributed by atoms with Crippen LogP contribution >= 0.6 is 0 Å². The second-order valence-electron chi connectivity index (χ2n) is 12.6. The summed E-state index contributed by atoms with van der Waals surface area (Å²) in [6, 6.07) is 56.5. The number of aromatic nitrogens is 4. The Balaban J connectivity index is 1.21. The van der Waals surface area contributed by atoms with E-state index in [-0.39, 0.29) is 0 Å². The van der Waals surface area contributed by atoms with Crippen LogP contribution in [0.4, 0.5) is 0 Å². The summed E-state index contributed by atoms with van der Waals surface area (Å²) in [5.74, 6) is 3.47. The Labute approximate surface area is 289 Å². The molecule has 1 spiro atoms. The van der Waals surface area contributed by atoms with Crippen molar-refractivity contribution in [1.29, 1.82) is 0 Å². The standard InChI is InChI=1S/C45H28N4O/c1-3-14-29(15-4-1)42-47-43(30-16-5-2-6-17-30)49-44(48-42)34-20-13-27-46-41(34)31-25-26-40-38(28-31)45(37-23-11-12-24-39(37)50-40)35-21-9-7-18-32(35)33-19-8-10-22-36(33)45/h1-28H. The minimum absolute atomic E-state index is 0.561. The van der Waals surface area contributed by atoms with E-state index < -0.39 is 5.41 Å². The molecule has 8 aromatic rings. The van der Waals surface area contributed by atoms with Gasteiger partial charge >= 0.3 is 0 Å². The monoisotopic (exact) mass is 640 g/mol. The van der Waals surface area contributed by atoms with Gasteiger partial charge in [0, 0.05) is 39.6 Å². The molecule has 0 bridgehead atoms. The smallest absolute Gasteiger partial charge is 0.166 e. The molecule has 10 rings (SSSR count). The minimum Gasteiger partial charge on any atom is -0.457 e. The van der Waals surface area contributed by atoms with Crippen LogP contribution in [0, 0.1) is 0 Å². The number of rotatable bonds is 4. The maximum absolute atomic E-state index is 6.68. The van der Waals surface area contributed by atoms with Crippen molar-refractivity contribution in [2.24, 2.45) is 0 Å². The summed E-state index contributed by atoms with van der Waals surface area (Å²) < 4.78 is 6.68. The molecule has 0 unspecified atom stereocenters. The zero-order chi connectivity index (χ0) is 33.1. The fourth-order valence-corrected chi connectivity index (χ4v) is 7.75. The molecule has 5 heteroatoms. The van der Waals surface area contributed by atoms with Crippen LogP contribution in [0.1, 0.15) is 22.3 Å². The van der Waals surface area contributed by atoms with Gasteiger partial charge in [-0.1, -0.05) is 127 Å². The summed E-state index contributed by atoms with van der Waals surface area (Å²) in [6.07, 6.45) is 1.83. The molecule has 1 aliphatic heterocycles. The van der Waals surface area contributed by atoms with Crippen LogP contribution in [0.5, 0.6) is 11.5 Å². The molecule has 0 saturated carbocycles. The van der Waals surface area contributed by atoms with E-state index in [0.29, 0.717) is 17.5 Å². The van der Waals surface area contributed by atoms with E-state index in [0.717, 1.165) is 50.6 Å². The number of fused-ring (bicyclic) bond motifs is 9. The van der Waals surface area contributed by atoms with Gasteiger partial charge in [-0.15, -0.1) is 0 Å². The van der Waals surface area contributed by atoms with Crippen LogP contribution in [-0.4, -0.2) is 19.9 Å². The van der Waals surface area contributed by atoms with Crippen LogP contribution in [0.25, 0.3) is 56.5 Å². The Bertz CT molecular complexity index is 2480. The van der Waals surface area contributed by atoms with Crippen molar-refractivity contribution < 1.29 is 4.74 Å². The lowest BCUT2D eigenvalue weighted by molar-refractivity contribution is 0.436. The van der Waals surface area contributed by atoms with Crippen molar-refractivity contribution in [3.63, 3.8) is 0 Å². The first-order chi connectivity index (χ1) is 24.8. The SMILES string of the molecule is c1ccc(-c2nc(-c3ccccc3)nc(-c3cccnc3-c3ccc4c(c3)C3(c5ccccc5O4)c4ccccc4-c4ccccc43)n2)cc1. The molecule has 3 heterocycles. The maximum Gasteiger partial charge on any atom is 0.166 e. The van der Waals surface area contributed by atoms with Crippen molar-refractivity contribution in [1.82, 2.24) is 19.9 Å². The van der Waals surface area contributed by atoms with E-state index in [4.69, 9.17) is 24.7 Å². The molecular formula is C45H28N4O. The maximum atomic E-state index is 6.68. The topological polar surface area (TPSA) is 60.8 Å². The third-order valence-electron chi connectivity index (χ3n) is 9.87. The second-order valence-corrected chi connectivity index (χ2v) is 12.6. The number of hydrogen-bond donors (Lipinski definition) is 0.